The summed E-state index contributed by atoms with van der Waals surface area (Å²) < 4.78 is 0.975. The molecular formula is C17H22BrN5O. The second-order valence-electron chi connectivity index (χ2n) is 5.86. The number of amides is 1. The van der Waals surface area contributed by atoms with Gasteiger partial charge in [-0.05, 0) is 57.8 Å². The number of halogens is 1. The lowest BCUT2D eigenvalue weighted by Crippen LogP contribution is -2.22. The number of likely N-dealkylation sites (N-methyl/N-ethyl adjacent to an activating group) is 1. The van der Waals surface area contributed by atoms with Crippen LogP contribution in [-0.4, -0.2) is 48.0 Å². The fourth-order valence-electron chi connectivity index (χ4n) is 2.11. The number of carbonyl (C=O) groups excluding carboxylic acids is 1. The molecule has 7 heteroatoms. The molecule has 128 valence electrons. The summed E-state index contributed by atoms with van der Waals surface area (Å²) in [4.78, 5) is 23.2. The minimum Gasteiger partial charge on any atom is -0.353 e. The number of rotatable bonds is 6. The van der Waals surface area contributed by atoms with Gasteiger partial charge in [-0.1, -0.05) is 15.9 Å². The smallest absolute Gasteiger partial charge is 0.274 e. The zero-order valence-corrected chi connectivity index (χ0v) is 15.9. The maximum absolute atomic E-state index is 12.5. The van der Waals surface area contributed by atoms with E-state index in [-0.39, 0.29) is 5.91 Å². The molecule has 0 saturated carbocycles. The summed E-state index contributed by atoms with van der Waals surface area (Å²) in [7, 11) is 4.00. The number of anilines is 2. The molecule has 1 aromatic heterocycles. The first-order chi connectivity index (χ1) is 11.3. The molecule has 0 atom stereocenters. The van der Waals surface area contributed by atoms with E-state index < -0.39 is 0 Å². The lowest BCUT2D eigenvalue weighted by atomic mass is 10.2. The molecule has 0 radical (unpaired) electrons. The summed E-state index contributed by atoms with van der Waals surface area (Å²) >= 11 is 3.42. The molecular weight excluding hydrogens is 370 g/mol. The van der Waals surface area contributed by atoms with Crippen LogP contribution < -0.4 is 10.6 Å². The number of nitrogens with zero attached hydrogens (tertiary/aromatic N) is 3. The molecule has 0 fully saturated rings. The minimum absolute atomic E-state index is 0.249. The number of aryl methyl sites for hydroxylation is 2. The maximum Gasteiger partial charge on any atom is 0.274 e. The highest BCUT2D eigenvalue weighted by molar-refractivity contribution is 9.10. The molecule has 1 heterocycles. The van der Waals surface area contributed by atoms with Crippen molar-refractivity contribution in [2.75, 3.05) is 37.8 Å². The van der Waals surface area contributed by atoms with Gasteiger partial charge in [0.25, 0.3) is 5.91 Å². The molecule has 0 bridgehead atoms. The average Bonchev–Trinajstić information content (AvgIpc) is 2.49. The van der Waals surface area contributed by atoms with Gasteiger partial charge in [-0.25, -0.2) is 9.97 Å². The van der Waals surface area contributed by atoms with Crippen LogP contribution in [0, 0.1) is 13.8 Å². The Balaban J connectivity index is 2.12. The Morgan fingerprint density at radius 2 is 1.96 bits per heavy atom. The Morgan fingerprint density at radius 1 is 1.21 bits per heavy atom. The molecule has 2 N–H and O–H groups in total. The van der Waals surface area contributed by atoms with Crippen LogP contribution in [0.4, 0.5) is 11.6 Å². The van der Waals surface area contributed by atoms with Crippen molar-refractivity contribution in [3.05, 3.63) is 45.7 Å². The normalized spacial score (nSPS) is 10.8. The highest BCUT2D eigenvalue weighted by Crippen LogP contribution is 2.20. The van der Waals surface area contributed by atoms with Gasteiger partial charge in [0.2, 0.25) is 5.95 Å². The molecule has 1 aromatic carbocycles. The van der Waals surface area contributed by atoms with Crippen LogP contribution in [0.1, 0.15) is 21.7 Å². The fraction of sp³-hybridized carbons (Fsp3) is 0.353. The summed E-state index contributed by atoms with van der Waals surface area (Å²) in [5.74, 6) is 0.219. The number of nitrogens with one attached hydrogen (secondary N) is 2. The van der Waals surface area contributed by atoms with Crippen LogP contribution in [0.15, 0.2) is 28.7 Å². The first kappa shape index (κ1) is 18.4. The van der Waals surface area contributed by atoms with Crippen molar-refractivity contribution in [1.82, 2.24) is 14.9 Å². The average molecular weight is 392 g/mol. The summed E-state index contributed by atoms with van der Waals surface area (Å²) in [5.41, 5.74) is 2.83. The molecule has 0 aliphatic heterocycles. The van der Waals surface area contributed by atoms with Crippen molar-refractivity contribution >= 4 is 33.5 Å². The van der Waals surface area contributed by atoms with Gasteiger partial charge in [-0.3, -0.25) is 4.79 Å². The van der Waals surface area contributed by atoms with Crippen LogP contribution in [-0.2, 0) is 0 Å². The molecule has 24 heavy (non-hydrogen) atoms. The van der Waals surface area contributed by atoms with E-state index >= 15 is 0 Å². The zero-order valence-electron chi connectivity index (χ0n) is 14.4. The van der Waals surface area contributed by atoms with Gasteiger partial charge in [0.1, 0.15) is 5.69 Å². The fourth-order valence-corrected chi connectivity index (χ4v) is 2.58. The lowest BCUT2D eigenvalue weighted by Gasteiger charge is -2.12. The van der Waals surface area contributed by atoms with Gasteiger partial charge in [0.05, 0.1) is 0 Å². The molecule has 0 aliphatic rings. The predicted molar refractivity (Wildman–Crippen MR) is 101 cm³/mol. The van der Waals surface area contributed by atoms with Gasteiger partial charge in [0.15, 0.2) is 0 Å². The number of aromatic nitrogens is 2. The van der Waals surface area contributed by atoms with Crippen LogP contribution >= 0.6 is 15.9 Å². The Labute approximate surface area is 150 Å². The van der Waals surface area contributed by atoms with Crippen molar-refractivity contribution in [3.63, 3.8) is 0 Å². The van der Waals surface area contributed by atoms with Crippen LogP contribution in [0.3, 0.4) is 0 Å². The van der Waals surface area contributed by atoms with E-state index in [2.05, 4.69) is 41.4 Å². The van der Waals surface area contributed by atoms with Gasteiger partial charge in [-0.15, -0.1) is 0 Å². The minimum atomic E-state index is -0.249. The molecule has 0 aliphatic carbocycles. The highest BCUT2D eigenvalue weighted by Gasteiger charge is 2.12. The first-order valence-corrected chi connectivity index (χ1v) is 8.46. The standard InChI is InChI=1S/C17H22BrN5O/c1-11-9-13(18)5-6-14(11)21-16(24)15-10-12(2)20-17(22-15)19-7-8-23(3)4/h5-6,9-10H,7-8H2,1-4H3,(H,21,24)(H,19,20,22). The monoisotopic (exact) mass is 391 g/mol. The second kappa shape index (κ2) is 8.21. The third kappa shape index (κ3) is 5.28. The molecule has 0 spiro atoms. The third-order valence-electron chi connectivity index (χ3n) is 3.37. The van der Waals surface area contributed by atoms with Crippen molar-refractivity contribution in [3.8, 4) is 0 Å². The largest absolute Gasteiger partial charge is 0.353 e. The maximum atomic E-state index is 12.5. The van der Waals surface area contributed by atoms with Crippen molar-refractivity contribution in [2.45, 2.75) is 13.8 Å². The van der Waals surface area contributed by atoms with Gasteiger partial charge < -0.3 is 15.5 Å². The number of carbonyl (C=O) groups is 1. The van der Waals surface area contributed by atoms with Crippen LogP contribution in [0.5, 0.6) is 0 Å². The van der Waals surface area contributed by atoms with E-state index in [0.717, 1.165) is 28.0 Å². The van der Waals surface area contributed by atoms with E-state index in [9.17, 15) is 4.79 Å². The van der Waals surface area contributed by atoms with Crippen LogP contribution in [0.25, 0.3) is 0 Å². The lowest BCUT2D eigenvalue weighted by molar-refractivity contribution is 0.102. The van der Waals surface area contributed by atoms with Crippen molar-refractivity contribution in [2.24, 2.45) is 0 Å². The summed E-state index contributed by atoms with van der Waals surface area (Å²) in [6.45, 7) is 5.36. The Morgan fingerprint density at radius 3 is 2.62 bits per heavy atom. The van der Waals surface area contributed by atoms with E-state index in [0.29, 0.717) is 18.2 Å². The summed E-state index contributed by atoms with van der Waals surface area (Å²) in [6.07, 6.45) is 0. The molecule has 0 saturated heterocycles. The highest BCUT2D eigenvalue weighted by atomic mass is 79.9. The Hall–Kier alpha value is -1.99. The number of benzene rings is 1. The number of hydrogen-bond donors (Lipinski definition) is 2. The van der Waals surface area contributed by atoms with Gasteiger partial charge >= 0.3 is 0 Å². The third-order valence-corrected chi connectivity index (χ3v) is 3.86. The molecule has 6 nitrogen and oxygen atoms in total. The summed E-state index contributed by atoms with van der Waals surface area (Å²) in [5, 5.41) is 6.04. The molecule has 2 aromatic rings. The molecule has 1 amide bonds. The van der Waals surface area contributed by atoms with Gasteiger partial charge in [0, 0.05) is 28.9 Å². The van der Waals surface area contributed by atoms with E-state index in [1.165, 1.54) is 0 Å². The van der Waals surface area contributed by atoms with E-state index in [1.54, 1.807) is 6.07 Å². The van der Waals surface area contributed by atoms with E-state index in [4.69, 9.17) is 0 Å². The Kier molecular flexibility index (Phi) is 6.28. The predicted octanol–water partition coefficient (Wildman–Crippen LogP) is 3.08. The molecule has 2 rings (SSSR count). The van der Waals surface area contributed by atoms with Crippen LogP contribution in [0.2, 0.25) is 0 Å². The Bertz CT molecular complexity index is 733. The topological polar surface area (TPSA) is 70.2 Å². The molecule has 0 unspecified atom stereocenters. The van der Waals surface area contributed by atoms with E-state index in [1.807, 2.05) is 46.1 Å². The number of hydrogen-bond acceptors (Lipinski definition) is 5. The van der Waals surface area contributed by atoms with Crippen molar-refractivity contribution in [1.29, 1.82) is 0 Å². The summed E-state index contributed by atoms with van der Waals surface area (Å²) in [6, 6.07) is 7.39. The first-order valence-electron chi connectivity index (χ1n) is 7.67. The SMILES string of the molecule is Cc1cc(C(=O)Nc2ccc(Br)cc2C)nc(NCCN(C)C)n1. The van der Waals surface area contributed by atoms with Crippen molar-refractivity contribution < 1.29 is 4.79 Å². The quantitative estimate of drug-likeness (QED) is 0.791. The second-order valence-corrected chi connectivity index (χ2v) is 6.78. The van der Waals surface area contributed by atoms with Gasteiger partial charge in [-0.2, -0.15) is 0 Å². The zero-order chi connectivity index (χ0) is 17.7.